The molecule has 0 amide bonds. The molecule has 0 N–H and O–H groups in total. The van der Waals surface area contributed by atoms with Crippen LogP contribution in [0.2, 0.25) is 0 Å². The monoisotopic (exact) mass is 168 g/mol. The average Bonchev–Trinajstić information content (AvgIpc) is 2.01. The number of ether oxygens (including phenoxy) is 1. The minimum Gasteiger partial charge on any atom is -0.462 e. The lowest BCUT2D eigenvalue weighted by Gasteiger charge is -2.11. The van der Waals surface area contributed by atoms with Gasteiger partial charge in [0.25, 0.3) is 0 Å². The van der Waals surface area contributed by atoms with Crippen LogP contribution in [0.3, 0.4) is 0 Å². The van der Waals surface area contributed by atoms with Gasteiger partial charge in [-0.15, -0.1) is 0 Å². The molecule has 12 heavy (non-hydrogen) atoms. The summed E-state index contributed by atoms with van der Waals surface area (Å²) in [5, 5.41) is 0. The molecule has 0 saturated heterocycles. The second kappa shape index (κ2) is 4.29. The molecule has 0 aromatic carbocycles. The number of rotatable bonds is 0. The van der Waals surface area contributed by atoms with Gasteiger partial charge < -0.3 is 4.74 Å². The topological polar surface area (TPSA) is 26.3 Å². The molecule has 0 aromatic heterocycles. The van der Waals surface area contributed by atoms with E-state index >= 15 is 0 Å². The van der Waals surface area contributed by atoms with Gasteiger partial charge in [-0.1, -0.05) is 11.6 Å². The molecule has 0 spiro atoms. The van der Waals surface area contributed by atoms with Crippen molar-refractivity contribution in [2.75, 3.05) is 0 Å². The summed E-state index contributed by atoms with van der Waals surface area (Å²) in [6.45, 7) is 4.04. The van der Waals surface area contributed by atoms with Crippen LogP contribution in [0, 0.1) is 0 Å². The number of allylic oxidation sites excluding steroid dienone is 1. The fourth-order valence-corrected chi connectivity index (χ4v) is 1.46. The molecule has 1 atom stereocenters. The normalized spacial score (nSPS) is 30.7. The number of esters is 1. The van der Waals surface area contributed by atoms with Crippen molar-refractivity contribution >= 4 is 5.97 Å². The number of carbonyl (C=O) groups excluding carboxylic acids is 1. The van der Waals surface area contributed by atoms with E-state index in [0.29, 0.717) is 6.42 Å². The Balaban J connectivity index is 2.54. The van der Waals surface area contributed by atoms with E-state index in [1.807, 2.05) is 6.92 Å². The fourth-order valence-electron chi connectivity index (χ4n) is 1.46. The van der Waals surface area contributed by atoms with Crippen molar-refractivity contribution in [1.29, 1.82) is 0 Å². The van der Waals surface area contributed by atoms with Crippen LogP contribution in [-0.4, -0.2) is 12.1 Å². The summed E-state index contributed by atoms with van der Waals surface area (Å²) in [5.41, 5.74) is 1.33. The highest BCUT2D eigenvalue weighted by Gasteiger charge is 2.11. The van der Waals surface area contributed by atoms with Gasteiger partial charge in [-0.25, -0.2) is 0 Å². The Hall–Kier alpha value is -0.790. The van der Waals surface area contributed by atoms with E-state index in [-0.39, 0.29) is 12.1 Å². The molecular formula is C10H16O2. The largest absolute Gasteiger partial charge is 0.462 e. The zero-order chi connectivity index (χ0) is 8.97. The molecule has 1 unspecified atom stereocenters. The summed E-state index contributed by atoms with van der Waals surface area (Å²) in [5.74, 6) is -0.0504. The highest BCUT2D eigenvalue weighted by Crippen LogP contribution is 2.14. The van der Waals surface area contributed by atoms with Crippen LogP contribution in [0.4, 0.5) is 0 Å². The van der Waals surface area contributed by atoms with Crippen LogP contribution in [0.5, 0.6) is 0 Å². The van der Waals surface area contributed by atoms with Crippen LogP contribution >= 0.6 is 0 Å². The third-order valence-electron chi connectivity index (χ3n) is 2.02. The lowest BCUT2D eigenvalue weighted by atomic mass is 10.1. The third kappa shape index (κ3) is 3.07. The van der Waals surface area contributed by atoms with Crippen molar-refractivity contribution in [1.82, 2.24) is 0 Å². The van der Waals surface area contributed by atoms with Gasteiger partial charge in [-0.2, -0.15) is 0 Å². The second-order valence-electron chi connectivity index (χ2n) is 3.45. The van der Waals surface area contributed by atoms with Crippen molar-refractivity contribution in [3.63, 3.8) is 0 Å². The third-order valence-corrected chi connectivity index (χ3v) is 2.02. The van der Waals surface area contributed by atoms with Crippen molar-refractivity contribution in [3.8, 4) is 0 Å². The van der Waals surface area contributed by atoms with Crippen molar-refractivity contribution in [3.05, 3.63) is 11.6 Å². The van der Waals surface area contributed by atoms with Crippen molar-refractivity contribution in [2.45, 2.75) is 45.6 Å². The molecule has 1 aliphatic rings. The van der Waals surface area contributed by atoms with Crippen LogP contribution in [0.25, 0.3) is 0 Å². The quantitative estimate of drug-likeness (QED) is 0.410. The predicted octanol–water partition coefficient (Wildman–Crippen LogP) is 2.44. The van der Waals surface area contributed by atoms with E-state index in [0.717, 1.165) is 19.3 Å². The number of cyclic esters (lactones) is 1. The van der Waals surface area contributed by atoms with Gasteiger partial charge in [0, 0.05) is 12.8 Å². The van der Waals surface area contributed by atoms with E-state index in [1.54, 1.807) is 0 Å². The van der Waals surface area contributed by atoms with Gasteiger partial charge in [-0.3, -0.25) is 4.79 Å². The molecule has 2 heteroatoms. The van der Waals surface area contributed by atoms with Gasteiger partial charge in [-0.05, 0) is 26.7 Å². The first-order valence-electron chi connectivity index (χ1n) is 4.53. The SMILES string of the molecule is C/C1=C/CCCC(=O)OC(C)C1. The lowest BCUT2D eigenvalue weighted by Crippen LogP contribution is -2.14. The first-order valence-corrected chi connectivity index (χ1v) is 4.53. The van der Waals surface area contributed by atoms with Gasteiger partial charge in [0.2, 0.25) is 0 Å². The predicted molar refractivity (Wildman–Crippen MR) is 47.8 cm³/mol. The molecule has 1 heterocycles. The molecule has 68 valence electrons. The number of hydrogen-bond acceptors (Lipinski definition) is 2. The Morgan fingerprint density at radius 3 is 3.08 bits per heavy atom. The maximum absolute atomic E-state index is 11.1. The average molecular weight is 168 g/mol. The Kier molecular flexibility index (Phi) is 3.32. The number of carbonyl (C=O) groups is 1. The molecule has 0 saturated carbocycles. The molecule has 0 fully saturated rings. The van der Waals surface area contributed by atoms with Gasteiger partial charge in [0.05, 0.1) is 0 Å². The van der Waals surface area contributed by atoms with Crippen molar-refractivity contribution in [2.24, 2.45) is 0 Å². The molecule has 0 bridgehead atoms. The molecule has 0 aliphatic carbocycles. The molecule has 1 aliphatic heterocycles. The summed E-state index contributed by atoms with van der Waals surface area (Å²) in [6, 6.07) is 0. The Morgan fingerprint density at radius 1 is 1.58 bits per heavy atom. The molecule has 0 radical (unpaired) electrons. The van der Waals surface area contributed by atoms with Crippen molar-refractivity contribution < 1.29 is 9.53 Å². The maximum Gasteiger partial charge on any atom is 0.306 e. The van der Waals surface area contributed by atoms with E-state index in [4.69, 9.17) is 4.74 Å². The minimum atomic E-state index is -0.0504. The van der Waals surface area contributed by atoms with E-state index in [9.17, 15) is 4.79 Å². The summed E-state index contributed by atoms with van der Waals surface area (Å²) < 4.78 is 5.16. The summed E-state index contributed by atoms with van der Waals surface area (Å²) in [4.78, 5) is 11.1. The van der Waals surface area contributed by atoms with Crippen LogP contribution in [0.15, 0.2) is 11.6 Å². The van der Waals surface area contributed by atoms with Gasteiger partial charge >= 0.3 is 5.97 Å². The fraction of sp³-hybridized carbons (Fsp3) is 0.700. The van der Waals surface area contributed by atoms with Crippen LogP contribution in [-0.2, 0) is 9.53 Å². The maximum atomic E-state index is 11.1. The van der Waals surface area contributed by atoms with E-state index in [1.165, 1.54) is 5.57 Å². The summed E-state index contributed by atoms with van der Waals surface area (Å²) >= 11 is 0. The highest BCUT2D eigenvalue weighted by atomic mass is 16.5. The first-order chi connectivity index (χ1) is 5.68. The number of hydrogen-bond donors (Lipinski definition) is 0. The minimum absolute atomic E-state index is 0.0480. The molecule has 2 nitrogen and oxygen atoms in total. The van der Waals surface area contributed by atoms with E-state index in [2.05, 4.69) is 13.0 Å². The lowest BCUT2D eigenvalue weighted by molar-refractivity contribution is -0.148. The van der Waals surface area contributed by atoms with Crippen LogP contribution < -0.4 is 0 Å². The van der Waals surface area contributed by atoms with Gasteiger partial charge in [0.15, 0.2) is 0 Å². The zero-order valence-corrected chi connectivity index (χ0v) is 7.80. The van der Waals surface area contributed by atoms with E-state index < -0.39 is 0 Å². The first kappa shape index (κ1) is 9.30. The highest BCUT2D eigenvalue weighted by molar-refractivity contribution is 5.69. The van der Waals surface area contributed by atoms with Crippen LogP contribution in [0.1, 0.15) is 39.5 Å². The second-order valence-corrected chi connectivity index (χ2v) is 3.45. The summed E-state index contributed by atoms with van der Waals surface area (Å²) in [7, 11) is 0. The molecule has 0 aromatic rings. The Bertz CT molecular complexity index is 194. The standard InChI is InChI=1S/C10H16O2/c1-8-5-3-4-6-10(11)12-9(2)7-8/h5,9H,3-4,6-7H2,1-2H3/b8-5-. The summed E-state index contributed by atoms with van der Waals surface area (Å²) in [6.07, 6.45) is 5.63. The zero-order valence-electron chi connectivity index (χ0n) is 7.80. The smallest absolute Gasteiger partial charge is 0.306 e. The Labute approximate surface area is 73.6 Å². The Morgan fingerprint density at radius 2 is 2.33 bits per heavy atom. The molecular weight excluding hydrogens is 152 g/mol. The van der Waals surface area contributed by atoms with Gasteiger partial charge in [0.1, 0.15) is 6.10 Å². The molecule has 1 rings (SSSR count).